The molecule has 8 heteroatoms. The molecule has 0 unspecified atom stereocenters. The lowest BCUT2D eigenvalue weighted by molar-refractivity contribution is -0.138. The minimum Gasteiger partial charge on any atom is -0.463 e. The second-order valence-corrected chi connectivity index (χ2v) is 6.60. The monoisotopic (exact) mass is 400 g/mol. The van der Waals surface area contributed by atoms with Gasteiger partial charge in [-0.15, -0.1) is 0 Å². The van der Waals surface area contributed by atoms with E-state index in [2.05, 4.69) is 5.10 Å². The summed E-state index contributed by atoms with van der Waals surface area (Å²) < 4.78 is 44.8. The second kappa shape index (κ2) is 8.61. The first-order chi connectivity index (χ1) is 12.6. The Morgan fingerprint density at radius 1 is 1.33 bits per heavy atom. The highest BCUT2D eigenvalue weighted by molar-refractivity contribution is 6.31. The molecular weight excluding hydrogens is 381 g/mol. The van der Waals surface area contributed by atoms with Gasteiger partial charge in [0, 0.05) is 11.1 Å². The van der Waals surface area contributed by atoms with Gasteiger partial charge in [0.25, 0.3) is 0 Å². The molecule has 27 heavy (non-hydrogen) atoms. The molecule has 0 N–H and O–H groups in total. The summed E-state index contributed by atoms with van der Waals surface area (Å²) in [6, 6.07) is 5.04. The smallest absolute Gasteiger partial charge is 0.416 e. The van der Waals surface area contributed by atoms with Crippen LogP contribution in [0.25, 0.3) is 6.08 Å². The maximum atomic E-state index is 12.8. The topological polar surface area (TPSA) is 44.1 Å². The van der Waals surface area contributed by atoms with Crippen LogP contribution in [0.5, 0.6) is 0 Å². The molecule has 0 aliphatic carbocycles. The van der Waals surface area contributed by atoms with Gasteiger partial charge in [0.2, 0.25) is 0 Å². The number of esters is 1. The highest BCUT2D eigenvalue weighted by Gasteiger charge is 2.30. The zero-order valence-electron chi connectivity index (χ0n) is 15.2. The second-order valence-electron chi connectivity index (χ2n) is 6.20. The Morgan fingerprint density at radius 3 is 2.59 bits per heavy atom. The molecule has 0 aliphatic rings. The van der Waals surface area contributed by atoms with Crippen molar-refractivity contribution in [1.82, 2.24) is 9.78 Å². The highest BCUT2D eigenvalue weighted by Crippen LogP contribution is 2.32. The maximum absolute atomic E-state index is 12.8. The molecule has 4 nitrogen and oxygen atoms in total. The summed E-state index contributed by atoms with van der Waals surface area (Å²) in [4.78, 5) is 11.5. The first-order valence-electron chi connectivity index (χ1n) is 8.40. The number of carbonyl (C=O) groups excluding carboxylic acids is 1. The van der Waals surface area contributed by atoms with Crippen molar-refractivity contribution in [2.45, 2.75) is 39.4 Å². The summed E-state index contributed by atoms with van der Waals surface area (Å²) in [5.41, 5.74) is 1.11. The summed E-state index contributed by atoms with van der Waals surface area (Å²) in [6.45, 7) is 6.08. The normalized spacial score (nSPS) is 12.1. The lowest BCUT2D eigenvalue weighted by Gasteiger charge is -2.11. The van der Waals surface area contributed by atoms with Crippen molar-refractivity contribution in [2.75, 3.05) is 6.61 Å². The van der Waals surface area contributed by atoms with Gasteiger partial charge in [-0.25, -0.2) is 4.79 Å². The molecule has 0 fully saturated rings. The molecule has 2 aromatic rings. The van der Waals surface area contributed by atoms with Gasteiger partial charge in [-0.1, -0.05) is 31.5 Å². The fourth-order valence-corrected chi connectivity index (χ4v) is 2.59. The van der Waals surface area contributed by atoms with E-state index in [1.165, 1.54) is 12.1 Å². The molecule has 0 saturated heterocycles. The van der Waals surface area contributed by atoms with Crippen molar-refractivity contribution in [3.05, 3.63) is 57.9 Å². The van der Waals surface area contributed by atoms with Crippen LogP contribution in [0.15, 0.2) is 30.3 Å². The van der Waals surface area contributed by atoms with Crippen LogP contribution in [0, 0.1) is 0 Å². The highest BCUT2D eigenvalue weighted by atomic mass is 35.5. The first-order valence-corrected chi connectivity index (χ1v) is 8.77. The van der Waals surface area contributed by atoms with Crippen LogP contribution in [0.1, 0.15) is 49.2 Å². The van der Waals surface area contributed by atoms with Crippen molar-refractivity contribution < 1.29 is 22.7 Å². The van der Waals surface area contributed by atoms with Crippen LogP contribution in [0.4, 0.5) is 13.2 Å². The third-order valence-corrected chi connectivity index (χ3v) is 4.15. The van der Waals surface area contributed by atoms with Gasteiger partial charge in [-0.3, -0.25) is 4.68 Å². The Kier molecular flexibility index (Phi) is 6.70. The van der Waals surface area contributed by atoms with Crippen molar-refractivity contribution >= 4 is 23.6 Å². The number of rotatable bonds is 6. The number of aromatic nitrogens is 2. The van der Waals surface area contributed by atoms with E-state index in [-0.39, 0.29) is 24.1 Å². The molecule has 0 bridgehead atoms. The average Bonchev–Trinajstić information content (AvgIpc) is 2.97. The summed E-state index contributed by atoms with van der Waals surface area (Å²) >= 11 is 6.04. The number of nitrogens with zero attached hydrogens (tertiary/aromatic N) is 2. The number of ether oxygens (including phenoxy) is 1. The SMILES string of the molecule is CCOC(=O)C=Cc1cc(C(C)C)nn1Cc1ccc(C(F)(F)F)cc1Cl. The van der Waals surface area contributed by atoms with Gasteiger partial charge in [0.05, 0.1) is 30.1 Å². The van der Waals surface area contributed by atoms with Crippen molar-refractivity contribution in [2.24, 2.45) is 0 Å². The summed E-state index contributed by atoms with van der Waals surface area (Å²) in [5.74, 6) is -0.340. The Bertz CT molecular complexity index is 842. The number of halogens is 4. The molecule has 0 radical (unpaired) electrons. The minimum absolute atomic E-state index is 0.00624. The maximum Gasteiger partial charge on any atom is 0.416 e. The van der Waals surface area contributed by atoms with Crippen molar-refractivity contribution in [3.63, 3.8) is 0 Å². The van der Waals surface area contributed by atoms with E-state index >= 15 is 0 Å². The molecule has 0 atom stereocenters. The number of benzene rings is 1. The summed E-state index contributed by atoms with van der Waals surface area (Å²) in [5, 5.41) is 4.48. The molecule has 0 amide bonds. The zero-order chi connectivity index (χ0) is 20.2. The Morgan fingerprint density at radius 2 is 2.04 bits per heavy atom. The lowest BCUT2D eigenvalue weighted by Crippen LogP contribution is -2.08. The van der Waals surface area contributed by atoms with Gasteiger partial charge in [-0.2, -0.15) is 18.3 Å². The van der Waals surface area contributed by atoms with Crippen LogP contribution < -0.4 is 0 Å². The number of hydrogen-bond donors (Lipinski definition) is 0. The summed E-state index contributed by atoms with van der Waals surface area (Å²) in [6.07, 6.45) is -1.60. The van der Waals surface area contributed by atoms with E-state index in [1.807, 2.05) is 19.9 Å². The molecule has 1 aromatic carbocycles. The van der Waals surface area contributed by atoms with Gasteiger partial charge in [0.1, 0.15) is 0 Å². The van der Waals surface area contributed by atoms with Crippen molar-refractivity contribution in [3.8, 4) is 0 Å². The average molecular weight is 401 g/mol. The third-order valence-electron chi connectivity index (χ3n) is 3.80. The van der Waals surface area contributed by atoms with Gasteiger partial charge >= 0.3 is 12.1 Å². The molecule has 146 valence electrons. The molecule has 0 aliphatic heterocycles. The van der Waals surface area contributed by atoms with Crippen LogP contribution in [-0.2, 0) is 22.3 Å². The fourth-order valence-electron chi connectivity index (χ4n) is 2.35. The lowest BCUT2D eigenvalue weighted by atomic mass is 10.1. The van der Waals surface area contributed by atoms with E-state index in [0.717, 1.165) is 17.8 Å². The number of carbonyl (C=O) groups is 1. The van der Waals surface area contributed by atoms with Crippen LogP contribution in [0.2, 0.25) is 5.02 Å². The number of hydrogen-bond acceptors (Lipinski definition) is 3. The summed E-state index contributed by atoms with van der Waals surface area (Å²) in [7, 11) is 0. The number of alkyl halides is 3. The van der Waals surface area contributed by atoms with E-state index in [9.17, 15) is 18.0 Å². The first kappa shape index (κ1) is 21.0. The van der Waals surface area contributed by atoms with Gasteiger partial charge in [0.15, 0.2) is 0 Å². The predicted molar refractivity (Wildman–Crippen MR) is 97.5 cm³/mol. The van der Waals surface area contributed by atoms with Gasteiger partial charge in [-0.05, 0) is 42.7 Å². The van der Waals surface area contributed by atoms with E-state index in [1.54, 1.807) is 17.7 Å². The molecular formula is C19H20ClF3N2O2. The van der Waals surface area contributed by atoms with Gasteiger partial charge < -0.3 is 4.74 Å². The molecule has 1 heterocycles. The van der Waals surface area contributed by atoms with E-state index in [0.29, 0.717) is 11.3 Å². The molecule has 1 aromatic heterocycles. The standard InChI is InChI=1S/C19H20ClF3N2O2/c1-4-27-18(26)8-7-15-10-17(12(2)3)24-25(15)11-13-5-6-14(9-16(13)20)19(21,22)23/h5-10,12H,4,11H2,1-3H3. The molecule has 0 spiro atoms. The quantitative estimate of drug-likeness (QED) is 0.488. The predicted octanol–water partition coefficient (Wildman–Crippen LogP) is 5.30. The molecule has 2 rings (SSSR count). The van der Waals surface area contributed by atoms with Crippen LogP contribution >= 0.6 is 11.6 Å². The largest absolute Gasteiger partial charge is 0.463 e. The van der Waals surface area contributed by atoms with Crippen LogP contribution in [-0.4, -0.2) is 22.4 Å². The Labute approximate surface area is 160 Å². The minimum atomic E-state index is -4.45. The fraction of sp³-hybridized carbons (Fsp3) is 0.368. The third kappa shape index (κ3) is 5.60. The van der Waals surface area contributed by atoms with E-state index < -0.39 is 17.7 Å². The Balaban J connectivity index is 2.33. The zero-order valence-corrected chi connectivity index (χ0v) is 15.9. The molecule has 0 saturated carbocycles. The van der Waals surface area contributed by atoms with Crippen LogP contribution in [0.3, 0.4) is 0 Å². The van der Waals surface area contributed by atoms with Crippen molar-refractivity contribution in [1.29, 1.82) is 0 Å². The van der Waals surface area contributed by atoms with E-state index in [4.69, 9.17) is 16.3 Å². The Hall–Kier alpha value is -2.28.